The van der Waals surface area contributed by atoms with Gasteiger partial charge in [0.1, 0.15) is 5.70 Å². The van der Waals surface area contributed by atoms with Gasteiger partial charge in [-0.1, -0.05) is 30.3 Å². The van der Waals surface area contributed by atoms with Crippen molar-refractivity contribution in [3.63, 3.8) is 0 Å². The fraction of sp³-hybridized carbons (Fsp3) is 0.0385. The molecule has 3 N–H and O–H groups in total. The average Bonchev–Trinajstić information content (AvgIpc) is 3.41. The summed E-state index contributed by atoms with van der Waals surface area (Å²) in [5.74, 6) is -0.881. The largest absolute Gasteiger partial charge is 0.321 e. The Morgan fingerprint density at radius 3 is 2.56 bits per heavy atom. The summed E-state index contributed by atoms with van der Waals surface area (Å²) < 4.78 is 0. The Balaban J connectivity index is 1.44. The molecule has 0 unspecified atom stereocenters. The molecule has 0 saturated carbocycles. The van der Waals surface area contributed by atoms with Crippen LogP contribution in [-0.2, 0) is 9.59 Å². The summed E-state index contributed by atoms with van der Waals surface area (Å²) in [6.07, 6.45) is 6.40. The number of carbonyl (C=O) groups excluding carboxylic acids is 3. The van der Waals surface area contributed by atoms with Gasteiger partial charge < -0.3 is 16.0 Å². The first-order valence-electron chi connectivity index (χ1n) is 10.8. The lowest BCUT2D eigenvalue weighted by atomic mass is 10.2. The van der Waals surface area contributed by atoms with Crippen LogP contribution >= 0.6 is 23.1 Å². The molecular weight excluding hydrogens is 494 g/mol. The minimum Gasteiger partial charge on any atom is -0.321 e. The molecule has 0 atom stereocenters. The third-order valence-electron chi connectivity index (χ3n) is 4.66. The van der Waals surface area contributed by atoms with Crippen molar-refractivity contribution in [3.8, 4) is 0 Å². The molecule has 36 heavy (non-hydrogen) atoms. The molecule has 4 rings (SSSR count). The molecule has 2 aromatic carbocycles. The predicted octanol–water partition coefficient (Wildman–Crippen LogP) is 4.68. The van der Waals surface area contributed by atoms with E-state index in [9.17, 15) is 14.4 Å². The Bertz CT molecular complexity index is 1360. The topological polar surface area (TPSA) is 113 Å². The molecule has 0 spiro atoms. The van der Waals surface area contributed by atoms with Crippen molar-refractivity contribution in [2.24, 2.45) is 0 Å². The number of hydrogen-bond acceptors (Lipinski definition) is 7. The van der Waals surface area contributed by atoms with Crippen LogP contribution in [-0.4, -0.2) is 33.4 Å². The molecule has 0 radical (unpaired) electrons. The standard InChI is InChI=1S/C26H21N5O3S2/c32-23(31-26-28-12-13-35-26)17-36-21-10-4-9-20(15-21)29-25(34)22(14-18-6-5-11-27-16-18)30-24(33)19-7-2-1-3-8-19/h1-16H,17H2,(H,29,34)(H,30,33)(H,28,31,32)/b22-14-. The third-order valence-corrected chi connectivity index (χ3v) is 6.35. The lowest BCUT2D eigenvalue weighted by molar-refractivity contribution is -0.114. The number of carbonyl (C=O) groups is 3. The molecule has 0 fully saturated rings. The Labute approximate surface area is 215 Å². The van der Waals surface area contributed by atoms with Crippen molar-refractivity contribution in [3.05, 3.63) is 108 Å². The highest BCUT2D eigenvalue weighted by atomic mass is 32.2. The zero-order valence-electron chi connectivity index (χ0n) is 18.9. The van der Waals surface area contributed by atoms with Crippen molar-refractivity contribution in [1.29, 1.82) is 0 Å². The zero-order chi connectivity index (χ0) is 25.2. The summed E-state index contributed by atoms with van der Waals surface area (Å²) >= 11 is 2.68. The van der Waals surface area contributed by atoms with Crippen LogP contribution in [0.25, 0.3) is 6.08 Å². The maximum Gasteiger partial charge on any atom is 0.272 e. The summed E-state index contributed by atoms with van der Waals surface area (Å²) in [7, 11) is 0. The maximum absolute atomic E-state index is 13.1. The van der Waals surface area contributed by atoms with Crippen LogP contribution in [0.4, 0.5) is 10.8 Å². The Morgan fingerprint density at radius 1 is 0.944 bits per heavy atom. The smallest absolute Gasteiger partial charge is 0.272 e. The van der Waals surface area contributed by atoms with Crippen LogP contribution in [0.2, 0.25) is 0 Å². The van der Waals surface area contributed by atoms with Crippen molar-refractivity contribution >= 4 is 57.7 Å². The number of thiazole rings is 1. The lowest BCUT2D eigenvalue weighted by Crippen LogP contribution is -2.30. The number of rotatable bonds is 9. The van der Waals surface area contributed by atoms with Gasteiger partial charge in [0.2, 0.25) is 5.91 Å². The molecule has 2 heterocycles. The number of nitrogens with one attached hydrogen (secondary N) is 3. The predicted molar refractivity (Wildman–Crippen MR) is 143 cm³/mol. The molecule has 0 bridgehead atoms. The average molecular weight is 516 g/mol. The second kappa shape index (κ2) is 12.4. The van der Waals surface area contributed by atoms with Gasteiger partial charge in [0, 0.05) is 40.1 Å². The van der Waals surface area contributed by atoms with Crippen LogP contribution in [0, 0.1) is 0 Å². The van der Waals surface area contributed by atoms with Crippen LogP contribution < -0.4 is 16.0 Å². The van der Waals surface area contributed by atoms with E-state index in [2.05, 4.69) is 25.9 Å². The number of hydrogen-bond donors (Lipinski definition) is 3. The van der Waals surface area contributed by atoms with E-state index in [0.717, 1.165) is 4.90 Å². The molecule has 2 aromatic heterocycles. The summed E-state index contributed by atoms with van der Waals surface area (Å²) in [6.45, 7) is 0. The van der Waals surface area contributed by atoms with E-state index < -0.39 is 11.8 Å². The number of benzene rings is 2. The van der Waals surface area contributed by atoms with Crippen molar-refractivity contribution < 1.29 is 14.4 Å². The van der Waals surface area contributed by atoms with Gasteiger partial charge in [-0.2, -0.15) is 0 Å². The van der Waals surface area contributed by atoms with E-state index in [4.69, 9.17) is 0 Å². The van der Waals surface area contributed by atoms with E-state index in [1.54, 1.807) is 84.6 Å². The van der Waals surface area contributed by atoms with Gasteiger partial charge in [-0.25, -0.2) is 4.98 Å². The van der Waals surface area contributed by atoms with E-state index >= 15 is 0 Å². The van der Waals surface area contributed by atoms with E-state index in [1.807, 2.05) is 12.1 Å². The first kappa shape index (κ1) is 24.8. The van der Waals surface area contributed by atoms with Gasteiger partial charge >= 0.3 is 0 Å². The zero-order valence-corrected chi connectivity index (χ0v) is 20.5. The third kappa shape index (κ3) is 7.36. The van der Waals surface area contributed by atoms with Gasteiger partial charge in [0.25, 0.3) is 11.8 Å². The second-order valence-corrected chi connectivity index (χ2v) is 9.26. The molecule has 4 aromatic rings. The van der Waals surface area contributed by atoms with E-state index in [1.165, 1.54) is 23.1 Å². The quantitative estimate of drug-likeness (QED) is 0.220. The van der Waals surface area contributed by atoms with Crippen LogP contribution in [0.1, 0.15) is 15.9 Å². The Kier molecular flexibility index (Phi) is 8.57. The lowest BCUT2D eigenvalue weighted by Gasteiger charge is -2.12. The Morgan fingerprint density at radius 2 is 1.81 bits per heavy atom. The SMILES string of the molecule is O=C(CSc1cccc(NC(=O)/C(=C/c2cccnc2)NC(=O)c2ccccc2)c1)Nc1nccs1. The minimum atomic E-state index is -0.494. The molecule has 8 nitrogen and oxygen atoms in total. The molecular formula is C26H21N5O3S2. The van der Waals surface area contributed by atoms with Gasteiger partial charge in [-0.05, 0) is 48.0 Å². The fourth-order valence-corrected chi connectivity index (χ4v) is 4.32. The summed E-state index contributed by atoms with van der Waals surface area (Å²) in [6, 6.07) is 19.3. The number of anilines is 2. The minimum absolute atomic E-state index is 0.0673. The molecule has 0 aliphatic carbocycles. The summed E-state index contributed by atoms with van der Waals surface area (Å²) in [5, 5.41) is 10.6. The van der Waals surface area contributed by atoms with E-state index in [-0.39, 0.29) is 17.4 Å². The molecule has 0 aliphatic rings. The highest BCUT2D eigenvalue weighted by Crippen LogP contribution is 2.23. The monoisotopic (exact) mass is 515 g/mol. The molecule has 10 heteroatoms. The number of pyridine rings is 1. The number of nitrogens with zero attached hydrogens (tertiary/aromatic N) is 2. The number of thioether (sulfide) groups is 1. The maximum atomic E-state index is 13.1. The van der Waals surface area contributed by atoms with Crippen LogP contribution in [0.3, 0.4) is 0 Å². The second-order valence-electron chi connectivity index (χ2n) is 7.32. The Hall–Kier alpha value is -4.28. The van der Waals surface area contributed by atoms with Gasteiger partial charge in [0.15, 0.2) is 5.13 Å². The highest BCUT2D eigenvalue weighted by Gasteiger charge is 2.15. The van der Waals surface area contributed by atoms with E-state index in [0.29, 0.717) is 21.9 Å². The number of amides is 3. The van der Waals surface area contributed by atoms with Gasteiger partial charge in [-0.3, -0.25) is 19.4 Å². The first-order chi connectivity index (χ1) is 17.6. The fourth-order valence-electron chi connectivity index (χ4n) is 3.02. The van der Waals surface area contributed by atoms with Crippen LogP contribution in [0.5, 0.6) is 0 Å². The normalized spacial score (nSPS) is 10.9. The van der Waals surface area contributed by atoms with Crippen molar-refractivity contribution in [2.45, 2.75) is 4.90 Å². The number of aromatic nitrogens is 2. The molecule has 0 saturated heterocycles. The molecule has 3 amide bonds. The van der Waals surface area contributed by atoms with Crippen molar-refractivity contribution in [1.82, 2.24) is 15.3 Å². The first-order valence-corrected chi connectivity index (χ1v) is 12.6. The van der Waals surface area contributed by atoms with Gasteiger partial charge in [0.05, 0.1) is 5.75 Å². The van der Waals surface area contributed by atoms with Crippen molar-refractivity contribution in [2.75, 3.05) is 16.4 Å². The molecule has 180 valence electrons. The highest BCUT2D eigenvalue weighted by molar-refractivity contribution is 8.00. The molecule has 0 aliphatic heterocycles. The van der Waals surface area contributed by atoms with Crippen LogP contribution in [0.15, 0.2) is 101 Å². The summed E-state index contributed by atoms with van der Waals surface area (Å²) in [4.78, 5) is 46.9. The van der Waals surface area contributed by atoms with Gasteiger partial charge in [-0.15, -0.1) is 23.1 Å². The summed E-state index contributed by atoms with van der Waals surface area (Å²) in [5.41, 5.74) is 1.68.